The molecule has 2 amide bonds. The Morgan fingerprint density at radius 3 is 2.25 bits per heavy atom. The molecular formula is C58H68N9O11S2+. The number of aromatic amines is 1. The molecule has 5 aliphatic heterocycles. The van der Waals surface area contributed by atoms with E-state index in [0.717, 1.165) is 106 Å². The van der Waals surface area contributed by atoms with Crippen molar-refractivity contribution < 1.29 is 40.5 Å². The van der Waals surface area contributed by atoms with Gasteiger partial charge in [0, 0.05) is 109 Å². The van der Waals surface area contributed by atoms with Gasteiger partial charge in [-0.05, 0) is 118 Å². The zero-order valence-electron chi connectivity index (χ0n) is 45.2. The summed E-state index contributed by atoms with van der Waals surface area (Å²) in [5.41, 5.74) is 7.78. The van der Waals surface area contributed by atoms with Crippen molar-refractivity contribution in [3.05, 3.63) is 119 Å². The number of imidazole rings is 1. The summed E-state index contributed by atoms with van der Waals surface area (Å²) in [6.45, 7) is 8.55. The summed E-state index contributed by atoms with van der Waals surface area (Å²) in [6, 6.07) is 15.0. The molecule has 0 saturated heterocycles. The standard InChI is InChI=1S/C58H67N9O11S2/c1-3-26-66-56-50(57(70)67(27-4-2)58(66)71)62-55(63-56)36-17-19-39(20-18-36)77-35-48(69)60-25-24-59-47(68)16-6-5-7-23-61-79(72,73)40-21-22-41(46(34-40)80(74,75)76)49-44-32-37-12-8-28-64-30-10-14-42(51(37)64)53(44)78-54-43-15-11-31-65-29-9-13-38(52(43)65)33-45(49)54/h17-22,32-34,61H,3-16,23-31,35H2,1-2H3,(H3-,59,60,62,63,68,69,70,74,75,76)/p+1. The number of aryl methyl sites for hydroxylation is 3. The maximum Gasteiger partial charge on any atom is 0.332 e. The maximum atomic E-state index is 13.8. The highest BCUT2D eigenvalue weighted by Crippen LogP contribution is 2.49. The number of fused-ring (bicyclic) bond motifs is 5. The Morgan fingerprint density at radius 2 is 1.49 bits per heavy atom. The number of amides is 2. The van der Waals surface area contributed by atoms with Gasteiger partial charge in [0.25, 0.3) is 21.6 Å². The third-order valence-electron chi connectivity index (χ3n) is 15.9. The molecule has 5 N–H and O–H groups in total. The zero-order valence-corrected chi connectivity index (χ0v) is 46.9. The van der Waals surface area contributed by atoms with Crippen LogP contribution < -0.4 is 56.1 Å². The van der Waals surface area contributed by atoms with E-state index in [1.54, 1.807) is 24.3 Å². The van der Waals surface area contributed by atoms with E-state index in [9.17, 15) is 40.6 Å². The fraction of sp³-hybridized carbons (Fsp3) is 0.448. The SMILES string of the molecule is CCCn1c(=O)c2[nH]c(-c3ccc(OCC(=O)NCCNC(=O)CCCCCNS(=O)(=O)c4ccc(C5=c6cc7c8c(c6Oc6c5cc5c9c6CCCN9CCC5)CCC[N+]=8CCC7)c(S(=O)(=O)O)c4)cc3)nc2n(CCC)c1=O. The van der Waals surface area contributed by atoms with Crippen LogP contribution in [-0.4, -0.2) is 105 Å². The van der Waals surface area contributed by atoms with Gasteiger partial charge in [-0.3, -0.25) is 28.1 Å². The molecule has 422 valence electrons. The summed E-state index contributed by atoms with van der Waals surface area (Å²) in [7, 11) is -9.21. The Kier molecular flexibility index (Phi) is 15.6. The Balaban J connectivity index is 0.679. The van der Waals surface area contributed by atoms with E-state index >= 15 is 0 Å². The monoisotopic (exact) mass is 1130 g/mol. The molecule has 0 unspecified atom stereocenters. The van der Waals surface area contributed by atoms with Crippen molar-refractivity contribution in [2.45, 2.75) is 127 Å². The van der Waals surface area contributed by atoms with Crippen LogP contribution in [0.1, 0.15) is 111 Å². The summed E-state index contributed by atoms with van der Waals surface area (Å²) < 4.78 is 86.1. The van der Waals surface area contributed by atoms with E-state index in [-0.39, 0.29) is 60.2 Å². The van der Waals surface area contributed by atoms with Gasteiger partial charge >= 0.3 is 5.69 Å². The highest BCUT2D eigenvalue weighted by atomic mass is 32.2. The van der Waals surface area contributed by atoms with Crippen LogP contribution in [0.25, 0.3) is 28.1 Å². The predicted molar refractivity (Wildman–Crippen MR) is 302 cm³/mol. The number of hydrogen-bond acceptors (Lipinski definition) is 12. The molecule has 2 aromatic heterocycles. The number of hydrogen-bond donors (Lipinski definition) is 5. The molecule has 11 rings (SSSR count). The van der Waals surface area contributed by atoms with Gasteiger partial charge in [-0.2, -0.15) is 8.42 Å². The molecule has 0 atom stereocenters. The number of sulfonamides is 1. The van der Waals surface area contributed by atoms with E-state index in [1.807, 2.05) is 13.8 Å². The molecule has 22 heteroatoms. The molecule has 4 aromatic carbocycles. The lowest BCUT2D eigenvalue weighted by atomic mass is 9.82. The van der Waals surface area contributed by atoms with E-state index < -0.39 is 36.5 Å². The number of anilines is 1. The van der Waals surface area contributed by atoms with E-state index in [4.69, 9.17) is 9.47 Å². The molecule has 80 heavy (non-hydrogen) atoms. The van der Waals surface area contributed by atoms with Crippen molar-refractivity contribution in [1.82, 2.24) is 39.0 Å². The van der Waals surface area contributed by atoms with Crippen LogP contribution in [0.4, 0.5) is 5.69 Å². The van der Waals surface area contributed by atoms with Crippen LogP contribution in [0.2, 0.25) is 0 Å². The smallest absolute Gasteiger partial charge is 0.332 e. The number of nitrogens with zero attached hydrogens (tertiary/aromatic N) is 5. The summed E-state index contributed by atoms with van der Waals surface area (Å²) in [4.78, 5) is 60.7. The molecule has 7 heterocycles. The minimum absolute atomic E-state index is 0.0313. The van der Waals surface area contributed by atoms with Crippen LogP contribution in [-0.2, 0) is 68.5 Å². The van der Waals surface area contributed by atoms with E-state index in [1.165, 1.54) is 43.4 Å². The lowest BCUT2D eigenvalue weighted by Gasteiger charge is -2.39. The lowest BCUT2D eigenvalue weighted by molar-refractivity contribution is -0.124. The average molecular weight is 1130 g/mol. The fourth-order valence-corrected chi connectivity index (χ4v) is 14.2. The van der Waals surface area contributed by atoms with Crippen LogP contribution in [0.3, 0.4) is 0 Å². The number of nitrogens with one attached hydrogen (secondary N) is 4. The van der Waals surface area contributed by atoms with Gasteiger partial charge in [-0.1, -0.05) is 26.3 Å². The second kappa shape index (κ2) is 22.8. The first kappa shape index (κ1) is 54.8. The van der Waals surface area contributed by atoms with Gasteiger partial charge in [0.15, 0.2) is 12.3 Å². The number of rotatable bonds is 21. The maximum absolute atomic E-state index is 13.8. The molecule has 0 saturated carbocycles. The lowest BCUT2D eigenvalue weighted by Crippen LogP contribution is -2.45. The molecular weight excluding hydrogens is 1060 g/mol. The normalized spacial score (nSPS) is 15.4. The number of benzene rings is 4. The van der Waals surface area contributed by atoms with Gasteiger partial charge in [0.2, 0.25) is 21.3 Å². The fourth-order valence-electron chi connectivity index (χ4n) is 12.3. The molecule has 6 aromatic rings. The van der Waals surface area contributed by atoms with Crippen LogP contribution >= 0.6 is 0 Å². The minimum atomic E-state index is -4.97. The summed E-state index contributed by atoms with van der Waals surface area (Å²) >= 11 is 0. The Labute approximate surface area is 463 Å². The molecule has 0 fully saturated rings. The summed E-state index contributed by atoms with van der Waals surface area (Å²) in [6.07, 6.45) is 10.2. The first-order chi connectivity index (χ1) is 38.6. The number of carbonyl (C=O) groups is 2. The van der Waals surface area contributed by atoms with Gasteiger partial charge in [0.1, 0.15) is 46.6 Å². The number of carbonyl (C=O) groups excluding carboxylic acids is 2. The van der Waals surface area contributed by atoms with Crippen LogP contribution in [0.5, 0.6) is 17.2 Å². The van der Waals surface area contributed by atoms with Crippen LogP contribution in [0, 0.1) is 0 Å². The first-order valence-electron chi connectivity index (χ1n) is 28.2. The first-order valence-corrected chi connectivity index (χ1v) is 31.1. The second-order valence-electron chi connectivity index (χ2n) is 21.4. The zero-order chi connectivity index (χ0) is 55.9. The average Bonchev–Trinajstić information content (AvgIpc) is 3.93. The second-order valence-corrected chi connectivity index (χ2v) is 24.5. The van der Waals surface area contributed by atoms with Crippen molar-refractivity contribution in [1.29, 1.82) is 0 Å². The van der Waals surface area contributed by atoms with Gasteiger partial charge < -0.3 is 30.0 Å². The quantitative estimate of drug-likeness (QED) is 0.0385. The summed E-state index contributed by atoms with van der Waals surface area (Å²) in [5, 5.41) is 7.44. The van der Waals surface area contributed by atoms with Crippen molar-refractivity contribution in [2.75, 3.05) is 57.3 Å². The van der Waals surface area contributed by atoms with Crippen molar-refractivity contribution in [3.8, 4) is 28.6 Å². The number of aromatic nitrogens is 4. The molecule has 0 bridgehead atoms. The topological polar surface area (TPSA) is 256 Å². The Morgan fingerprint density at radius 1 is 0.775 bits per heavy atom. The highest BCUT2D eigenvalue weighted by Gasteiger charge is 2.37. The van der Waals surface area contributed by atoms with Crippen molar-refractivity contribution in [3.63, 3.8) is 0 Å². The largest absolute Gasteiger partial charge is 0.484 e. The molecule has 20 nitrogen and oxygen atoms in total. The number of unbranched alkanes of at least 4 members (excludes halogenated alkanes) is 2. The van der Waals surface area contributed by atoms with Gasteiger partial charge in [0.05, 0.1) is 10.5 Å². The third-order valence-corrected chi connectivity index (χ3v) is 18.2. The molecule has 0 spiro atoms. The molecule has 0 aliphatic carbocycles. The number of ether oxygens (including phenoxy) is 2. The highest BCUT2D eigenvalue weighted by molar-refractivity contribution is 7.89. The van der Waals surface area contributed by atoms with E-state index in [0.29, 0.717) is 85.1 Å². The number of H-pyrrole nitrogens is 1. The molecule has 5 aliphatic rings. The van der Waals surface area contributed by atoms with Gasteiger partial charge in [-0.25, -0.2) is 27.5 Å². The third kappa shape index (κ3) is 10.7. The minimum Gasteiger partial charge on any atom is -0.484 e. The van der Waals surface area contributed by atoms with Gasteiger partial charge in [-0.15, -0.1) is 0 Å². The van der Waals surface area contributed by atoms with Crippen molar-refractivity contribution >= 4 is 54.4 Å². The van der Waals surface area contributed by atoms with E-state index in [2.05, 4.69) is 46.9 Å². The van der Waals surface area contributed by atoms with Crippen molar-refractivity contribution in [2.24, 2.45) is 0 Å². The summed E-state index contributed by atoms with van der Waals surface area (Å²) in [5.74, 6) is 1.64. The molecule has 0 radical (unpaired) electrons. The van der Waals surface area contributed by atoms with Crippen LogP contribution in [0.15, 0.2) is 74.0 Å². The predicted octanol–water partition coefficient (Wildman–Crippen LogP) is 4.21. The Hall–Kier alpha value is -7.14. The Bertz CT molecular complexity index is 3960.